The Labute approximate surface area is 158 Å². The first-order chi connectivity index (χ1) is 13.1. The lowest BCUT2D eigenvalue weighted by atomic mass is 10.2. The standard InChI is InChI=1S/C20H25N3O4/c1-3-26-16-7-9-17(10-8-16)27-12-11-21-20(25)14(2)23-19(24)13-15-5-4-6-18(15)22-23/h7-10,13-14H,3-6,11-12H2,1-2H3,(H,21,25). The van der Waals surface area contributed by atoms with Crippen LogP contribution in [0, 0.1) is 0 Å². The molecule has 0 saturated carbocycles. The summed E-state index contributed by atoms with van der Waals surface area (Å²) in [5, 5.41) is 7.16. The summed E-state index contributed by atoms with van der Waals surface area (Å²) in [5.74, 6) is 1.24. The van der Waals surface area contributed by atoms with Crippen LogP contribution in [0.5, 0.6) is 11.5 Å². The Morgan fingerprint density at radius 2 is 1.93 bits per heavy atom. The third kappa shape index (κ3) is 4.67. The summed E-state index contributed by atoms with van der Waals surface area (Å²) in [5.41, 5.74) is 1.70. The molecule has 1 heterocycles. The van der Waals surface area contributed by atoms with E-state index in [4.69, 9.17) is 9.47 Å². The molecule has 7 nitrogen and oxygen atoms in total. The Bertz CT molecular complexity index is 845. The molecule has 2 aromatic rings. The van der Waals surface area contributed by atoms with Crippen molar-refractivity contribution in [1.82, 2.24) is 15.1 Å². The summed E-state index contributed by atoms with van der Waals surface area (Å²) in [6.45, 7) is 4.90. The van der Waals surface area contributed by atoms with Gasteiger partial charge in [0.05, 0.1) is 18.8 Å². The van der Waals surface area contributed by atoms with E-state index in [0.717, 1.165) is 36.3 Å². The maximum Gasteiger partial charge on any atom is 0.267 e. The topological polar surface area (TPSA) is 82.4 Å². The summed E-state index contributed by atoms with van der Waals surface area (Å²) < 4.78 is 12.3. The molecule has 1 aromatic heterocycles. The van der Waals surface area contributed by atoms with Gasteiger partial charge in [-0.05, 0) is 62.9 Å². The Kier molecular flexibility index (Phi) is 6.11. The van der Waals surface area contributed by atoms with Crippen LogP contribution in [0.3, 0.4) is 0 Å². The zero-order valence-corrected chi connectivity index (χ0v) is 15.7. The fourth-order valence-corrected chi connectivity index (χ4v) is 3.09. The number of amides is 1. The summed E-state index contributed by atoms with van der Waals surface area (Å²) in [6.07, 6.45) is 2.76. The van der Waals surface area contributed by atoms with Gasteiger partial charge in [-0.2, -0.15) is 5.10 Å². The smallest absolute Gasteiger partial charge is 0.267 e. The molecular formula is C20H25N3O4. The highest BCUT2D eigenvalue weighted by Crippen LogP contribution is 2.18. The lowest BCUT2D eigenvalue weighted by Crippen LogP contribution is -2.38. The number of aryl methyl sites for hydroxylation is 2. The summed E-state index contributed by atoms with van der Waals surface area (Å²) >= 11 is 0. The summed E-state index contributed by atoms with van der Waals surface area (Å²) in [6, 6.07) is 8.27. The molecule has 0 bridgehead atoms. The van der Waals surface area contributed by atoms with Crippen LogP contribution < -0.4 is 20.3 Å². The number of hydrogen-bond donors (Lipinski definition) is 1. The molecule has 1 atom stereocenters. The summed E-state index contributed by atoms with van der Waals surface area (Å²) in [7, 11) is 0. The van der Waals surface area contributed by atoms with Crippen molar-refractivity contribution in [1.29, 1.82) is 0 Å². The van der Waals surface area contributed by atoms with Gasteiger partial charge in [0.15, 0.2) is 0 Å². The largest absolute Gasteiger partial charge is 0.494 e. The van der Waals surface area contributed by atoms with Crippen molar-refractivity contribution in [3.05, 3.63) is 51.9 Å². The number of carbonyl (C=O) groups is 1. The molecule has 0 saturated heterocycles. The predicted octanol–water partition coefficient (Wildman–Crippen LogP) is 1.89. The third-order valence-corrected chi connectivity index (χ3v) is 4.53. The van der Waals surface area contributed by atoms with Gasteiger partial charge in [0.1, 0.15) is 24.1 Å². The van der Waals surface area contributed by atoms with Crippen LogP contribution in [0.15, 0.2) is 35.1 Å². The predicted molar refractivity (Wildman–Crippen MR) is 101 cm³/mol. The van der Waals surface area contributed by atoms with Gasteiger partial charge in [-0.25, -0.2) is 4.68 Å². The second-order valence-corrected chi connectivity index (χ2v) is 6.47. The SMILES string of the molecule is CCOc1ccc(OCCNC(=O)C(C)n2nc3c(cc2=O)CCC3)cc1. The second-order valence-electron chi connectivity index (χ2n) is 6.47. The van der Waals surface area contributed by atoms with Crippen LogP contribution in [0.4, 0.5) is 0 Å². The molecule has 1 N–H and O–H groups in total. The van der Waals surface area contributed by atoms with Crippen LogP contribution in [0.2, 0.25) is 0 Å². The Balaban J connectivity index is 1.48. The minimum Gasteiger partial charge on any atom is -0.494 e. The first-order valence-electron chi connectivity index (χ1n) is 9.33. The van der Waals surface area contributed by atoms with Gasteiger partial charge < -0.3 is 14.8 Å². The number of benzene rings is 1. The minimum absolute atomic E-state index is 0.232. The van der Waals surface area contributed by atoms with Gasteiger partial charge >= 0.3 is 0 Å². The van der Waals surface area contributed by atoms with E-state index >= 15 is 0 Å². The van der Waals surface area contributed by atoms with E-state index in [1.165, 1.54) is 4.68 Å². The summed E-state index contributed by atoms with van der Waals surface area (Å²) in [4.78, 5) is 24.5. The third-order valence-electron chi connectivity index (χ3n) is 4.53. The van der Waals surface area contributed by atoms with Crippen molar-refractivity contribution in [2.45, 2.75) is 39.2 Å². The van der Waals surface area contributed by atoms with Crippen molar-refractivity contribution in [2.24, 2.45) is 0 Å². The molecular weight excluding hydrogens is 346 g/mol. The van der Waals surface area contributed by atoms with Crippen LogP contribution >= 0.6 is 0 Å². The maximum atomic E-state index is 12.3. The second kappa shape index (κ2) is 8.70. The number of nitrogens with one attached hydrogen (secondary N) is 1. The van der Waals surface area contributed by atoms with Gasteiger partial charge in [-0.1, -0.05) is 0 Å². The van der Waals surface area contributed by atoms with E-state index in [-0.39, 0.29) is 11.5 Å². The van der Waals surface area contributed by atoms with Crippen LogP contribution in [0.1, 0.15) is 37.6 Å². The molecule has 0 fully saturated rings. The number of hydrogen-bond acceptors (Lipinski definition) is 5. The van der Waals surface area contributed by atoms with Crippen molar-refractivity contribution in [3.8, 4) is 11.5 Å². The normalized spacial score (nSPS) is 13.7. The van der Waals surface area contributed by atoms with Crippen molar-refractivity contribution < 1.29 is 14.3 Å². The van der Waals surface area contributed by atoms with Crippen LogP contribution in [-0.4, -0.2) is 35.4 Å². The number of ether oxygens (including phenoxy) is 2. The van der Waals surface area contributed by atoms with E-state index < -0.39 is 6.04 Å². The molecule has 1 amide bonds. The van der Waals surface area contributed by atoms with Crippen molar-refractivity contribution >= 4 is 5.91 Å². The van der Waals surface area contributed by atoms with Crippen LogP contribution in [0.25, 0.3) is 0 Å². The van der Waals surface area contributed by atoms with E-state index in [2.05, 4.69) is 10.4 Å². The van der Waals surface area contributed by atoms with E-state index in [1.807, 2.05) is 31.2 Å². The molecule has 0 spiro atoms. The average molecular weight is 371 g/mol. The average Bonchev–Trinajstić information content (AvgIpc) is 3.12. The highest BCUT2D eigenvalue weighted by atomic mass is 16.5. The number of fused-ring (bicyclic) bond motifs is 1. The molecule has 27 heavy (non-hydrogen) atoms. The number of aromatic nitrogens is 2. The Morgan fingerprint density at radius 3 is 2.63 bits per heavy atom. The van der Waals surface area contributed by atoms with Gasteiger partial charge in [0.2, 0.25) is 5.91 Å². The molecule has 1 aliphatic rings. The van der Waals surface area contributed by atoms with E-state index in [0.29, 0.717) is 25.5 Å². The molecule has 0 aliphatic heterocycles. The molecule has 1 aromatic carbocycles. The van der Waals surface area contributed by atoms with Gasteiger partial charge in [-0.15, -0.1) is 0 Å². The van der Waals surface area contributed by atoms with Gasteiger partial charge in [0.25, 0.3) is 5.56 Å². The molecule has 144 valence electrons. The Morgan fingerprint density at radius 1 is 1.22 bits per heavy atom. The number of nitrogens with zero attached hydrogens (tertiary/aromatic N) is 2. The Hall–Kier alpha value is -2.83. The van der Waals surface area contributed by atoms with E-state index in [9.17, 15) is 9.59 Å². The quantitative estimate of drug-likeness (QED) is 0.717. The highest BCUT2D eigenvalue weighted by molar-refractivity contribution is 5.79. The number of carbonyl (C=O) groups excluding carboxylic acids is 1. The lowest BCUT2D eigenvalue weighted by Gasteiger charge is -2.15. The van der Waals surface area contributed by atoms with Crippen molar-refractivity contribution in [2.75, 3.05) is 19.8 Å². The van der Waals surface area contributed by atoms with Crippen molar-refractivity contribution in [3.63, 3.8) is 0 Å². The molecule has 7 heteroatoms. The minimum atomic E-state index is -0.658. The first-order valence-corrected chi connectivity index (χ1v) is 9.33. The zero-order chi connectivity index (χ0) is 19.2. The molecule has 3 rings (SSSR count). The fraction of sp³-hybridized carbons (Fsp3) is 0.450. The highest BCUT2D eigenvalue weighted by Gasteiger charge is 2.21. The van der Waals surface area contributed by atoms with Crippen LogP contribution in [-0.2, 0) is 17.6 Å². The van der Waals surface area contributed by atoms with E-state index in [1.54, 1.807) is 13.0 Å². The molecule has 0 radical (unpaired) electrons. The van der Waals surface area contributed by atoms with Gasteiger partial charge in [-0.3, -0.25) is 9.59 Å². The monoisotopic (exact) mass is 371 g/mol. The fourth-order valence-electron chi connectivity index (χ4n) is 3.09. The van der Waals surface area contributed by atoms with Gasteiger partial charge in [0, 0.05) is 6.07 Å². The molecule has 1 unspecified atom stereocenters. The number of rotatable bonds is 8. The first kappa shape index (κ1) is 18.9. The zero-order valence-electron chi connectivity index (χ0n) is 15.7. The lowest BCUT2D eigenvalue weighted by molar-refractivity contribution is -0.124. The maximum absolute atomic E-state index is 12.3. The molecule has 1 aliphatic carbocycles.